The first kappa shape index (κ1) is 89.5. The van der Waals surface area contributed by atoms with Crippen molar-refractivity contribution in [3.8, 4) is 90.9 Å². The lowest BCUT2D eigenvalue weighted by Crippen LogP contribution is -2.25. The molecule has 5 aliphatic rings. The summed E-state index contributed by atoms with van der Waals surface area (Å²) in [7, 11) is 0. The SMILES string of the molecule is CC1(C)c2ccccc2-c2cc3c4cnccc4n(-c4c(C(F)(F)F)cccc4C(F)(F)F)c3cc21.[C-]#[N+]c1cc(C#N)cc(C)c1-n1c2ccccc2c2cc3c(cc21)C1(c2ccccc2-c2ccccc21)c1ccccc1-3.[C-]#[N+]c1cc(C)cc(C#N)c1-n1c2ccccc2c2cc3c(cc21)Oc1ccccc1C3(C)C.[C-]#[N+]c1cc(C)cc(C)c1-n1c2ccccc2c2ccc3c(c21)-c1ccccc1C3(C)C. The second kappa shape index (κ2) is 32.5. The van der Waals surface area contributed by atoms with Gasteiger partial charge in [-0.25, -0.2) is 14.5 Å². The van der Waals surface area contributed by atoms with Crippen LogP contribution in [0.2, 0.25) is 0 Å². The Balaban J connectivity index is 0.000000104. The van der Waals surface area contributed by atoms with Gasteiger partial charge in [0, 0.05) is 100 Å². The van der Waals surface area contributed by atoms with Crippen molar-refractivity contribution in [1.82, 2.24) is 23.3 Å². The van der Waals surface area contributed by atoms with Crippen molar-refractivity contribution >= 4 is 104 Å². The number of fused-ring (bicyclic) bond motifs is 31. The smallest absolute Gasteiger partial charge is 0.418 e. The van der Waals surface area contributed by atoms with Gasteiger partial charge in [0.05, 0.1) is 121 Å². The molecule has 5 aromatic heterocycles. The lowest BCUT2D eigenvalue weighted by molar-refractivity contribution is -0.142. The Labute approximate surface area is 832 Å². The monoisotopic (exact) mass is 1890 g/mol. The third-order valence-corrected chi connectivity index (χ3v) is 30.8. The summed E-state index contributed by atoms with van der Waals surface area (Å²) >= 11 is 0. The molecule has 0 radical (unpaired) electrons. The Kier molecular flexibility index (Phi) is 20.1. The van der Waals surface area contributed by atoms with Crippen molar-refractivity contribution < 1.29 is 31.1 Å². The van der Waals surface area contributed by atoms with Crippen LogP contribution < -0.4 is 4.74 Å². The van der Waals surface area contributed by atoms with Gasteiger partial charge < -0.3 is 23.0 Å². The van der Waals surface area contributed by atoms with E-state index >= 15 is 0 Å². The van der Waals surface area contributed by atoms with Crippen LogP contribution in [0.4, 0.5) is 43.4 Å². The van der Waals surface area contributed by atoms with Gasteiger partial charge in [0.2, 0.25) is 17.1 Å². The maximum Gasteiger partial charge on any atom is 0.418 e. The summed E-state index contributed by atoms with van der Waals surface area (Å²) in [6, 6.07) is 113. The quantitative estimate of drug-likeness (QED) is 0.129. The number of aryl methyl sites for hydroxylation is 4. The average Bonchev–Trinajstić information content (AvgIpc) is 1.50. The number of ether oxygens (including phenoxy) is 1. The van der Waals surface area contributed by atoms with Crippen LogP contribution >= 0.6 is 0 Å². The van der Waals surface area contributed by atoms with Crippen LogP contribution in [0.25, 0.3) is 169 Å². The summed E-state index contributed by atoms with van der Waals surface area (Å²) in [6.45, 7) is 45.0. The van der Waals surface area contributed by atoms with E-state index in [2.05, 4.69) is 283 Å². The molecule has 0 bridgehead atoms. The molecule has 0 unspecified atom stereocenters. The number of benzene rings is 17. The maximum absolute atomic E-state index is 14.1. The molecule has 1 spiro atoms. The number of rotatable bonds is 4. The molecule has 0 saturated carbocycles. The van der Waals surface area contributed by atoms with Crippen LogP contribution in [0.1, 0.15) is 142 Å². The third kappa shape index (κ3) is 13.1. The number of hydrogen-bond acceptors (Lipinski definition) is 4. The molecule has 4 aliphatic carbocycles. The predicted molar refractivity (Wildman–Crippen MR) is 568 cm³/mol. The summed E-state index contributed by atoms with van der Waals surface area (Å²) in [5.41, 5.74) is 32.7. The first-order valence-electron chi connectivity index (χ1n) is 48.0. The van der Waals surface area contributed by atoms with Crippen LogP contribution in [0.3, 0.4) is 0 Å². The molecule has 0 fully saturated rings. The van der Waals surface area contributed by atoms with Gasteiger partial charge >= 0.3 is 12.4 Å². The summed E-state index contributed by atoms with van der Waals surface area (Å²) in [4.78, 5) is 15.8. The highest BCUT2D eigenvalue weighted by atomic mass is 19.4. The van der Waals surface area contributed by atoms with Gasteiger partial charge in [-0.2, -0.15) is 36.9 Å². The summed E-state index contributed by atoms with van der Waals surface area (Å²) in [5.74, 6) is 1.66. The molecule has 0 amide bonds. The molecule has 0 N–H and O–H groups in total. The summed E-state index contributed by atoms with van der Waals surface area (Å²) in [5, 5.41) is 27.6. The molecule has 6 heterocycles. The Morgan fingerprint density at radius 2 is 0.731 bits per heavy atom. The molecule has 27 rings (SSSR count). The Morgan fingerprint density at radius 3 is 1.31 bits per heavy atom. The minimum absolute atomic E-state index is 0.0631. The number of nitriles is 2. The molecule has 145 heavy (non-hydrogen) atoms. The molecule has 17 heteroatoms. The molecule has 0 saturated heterocycles. The number of aromatic nitrogens is 5. The number of pyridine rings is 1. The van der Waals surface area contributed by atoms with Crippen LogP contribution in [-0.4, -0.2) is 23.3 Å². The van der Waals surface area contributed by atoms with Gasteiger partial charge in [-0.3, -0.25) is 4.98 Å². The highest BCUT2D eigenvalue weighted by molar-refractivity contribution is 6.18. The van der Waals surface area contributed by atoms with E-state index in [0.717, 1.165) is 138 Å². The molecule has 0 atom stereocenters. The zero-order valence-electron chi connectivity index (χ0n) is 80.5. The first-order chi connectivity index (χ1) is 69.9. The van der Waals surface area contributed by atoms with E-state index in [-0.39, 0.29) is 21.9 Å². The first-order valence-corrected chi connectivity index (χ1v) is 48.0. The largest absolute Gasteiger partial charge is 0.457 e. The van der Waals surface area contributed by atoms with Crippen molar-refractivity contribution in [2.75, 3.05) is 0 Å². The van der Waals surface area contributed by atoms with Crippen molar-refractivity contribution in [2.24, 2.45) is 0 Å². The normalized spacial score (nSPS) is 13.9. The van der Waals surface area contributed by atoms with Crippen LogP contribution in [0, 0.1) is 70.1 Å². The van der Waals surface area contributed by atoms with E-state index in [1.165, 1.54) is 102 Å². The lowest BCUT2D eigenvalue weighted by Gasteiger charge is -2.34. The van der Waals surface area contributed by atoms with Crippen molar-refractivity contribution in [3.05, 3.63) is 474 Å². The number of halogens is 6. The van der Waals surface area contributed by atoms with Crippen molar-refractivity contribution in [2.45, 2.75) is 103 Å². The van der Waals surface area contributed by atoms with E-state index in [9.17, 15) is 36.9 Å². The zero-order chi connectivity index (χ0) is 100. The third-order valence-electron chi connectivity index (χ3n) is 30.8. The fourth-order valence-corrected chi connectivity index (χ4v) is 24.6. The summed E-state index contributed by atoms with van der Waals surface area (Å²) in [6.07, 6.45) is -7.15. The number of para-hydroxylation sites is 5. The van der Waals surface area contributed by atoms with Crippen LogP contribution in [0.15, 0.2) is 340 Å². The second-order valence-electron chi connectivity index (χ2n) is 39.9. The van der Waals surface area contributed by atoms with Crippen LogP contribution in [0.5, 0.6) is 11.5 Å². The van der Waals surface area contributed by atoms with Gasteiger partial charge in [0.1, 0.15) is 11.5 Å². The van der Waals surface area contributed by atoms with Gasteiger partial charge in [-0.05, 0) is 213 Å². The standard InChI is InChI=1S/C40H23N3.C30H21N3O.C30H24N2.C28H18F6N2/c1-24-19-25(23-41)20-36(42-2)39(24)43-37-18-10-6-14-29(37)31-21-30-28-13-5-9-17-34(28)40(35(30)22-38(31)43)32-15-7-3-11-26(32)27-12-4-8-16-33(27)40;1-18-13-19(17-31)29(24(14-18)32-4)33-25-11-7-5-9-20(25)21-15-23-28(16-26(21)33)34-27-12-8-6-10-22(27)30(23,2)3;1-18-16-19(2)28(25(17-18)31-5)32-26-13-9-7-10-20(26)21-14-15-24-27(29(21)32)22-11-6-8-12-23(22)30(24,3)4;1-26(2)19-7-4-3-6-15(19)16-12-17-18-14-35-11-10-23(18)36(24(17)13-22(16)26)25-20(27(29,30)31)8-5-9-21(25)28(32,33)34/h3-22H,1H3;5-16H,1-3H3;6-17H,1-4H3;3-14H,1-2H3. The van der Waals surface area contributed by atoms with Gasteiger partial charge in [0.25, 0.3) is 0 Å². The van der Waals surface area contributed by atoms with E-state index in [1.54, 1.807) is 12.1 Å². The zero-order valence-corrected chi connectivity index (χ0v) is 80.5. The van der Waals surface area contributed by atoms with E-state index < -0.39 is 40.0 Å². The minimum atomic E-state index is -5.00. The Hall–Kier alpha value is -18.1. The van der Waals surface area contributed by atoms with Crippen LogP contribution in [-0.2, 0) is 34.0 Å². The number of nitrogens with zero attached hydrogens (tertiary/aromatic N) is 10. The fraction of sp³-hybridized carbons (Fsp3) is 0.125. The van der Waals surface area contributed by atoms with E-state index in [1.807, 2.05) is 123 Å². The molecule has 17 aromatic carbocycles. The molecule has 1 aliphatic heterocycles. The van der Waals surface area contributed by atoms with E-state index in [4.69, 9.17) is 24.5 Å². The highest BCUT2D eigenvalue weighted by Gasteiger charge is 2.53. The summed E-state index contributed by atoms with van der Waals surface area (Å²) < 4.78 is 99.0. The van der Waals surface area contributed by atoms with Gasteiger partial charge in [0.15, 0.2) is 0 Å². The fourth-order valence-electron chi connectivity index (χ4n) is 24.6. The number of alkyl halides is 6. The average molecular weight is 1890 g/mol. The molecule has 22 aromatic rings. The molecule has 11 nitrogen and oxygen atoms in total. The second-order valence-corrected chi connectivity index (χ2v) is 39.9. The molecule has 696 valence electrons. The Morgan fingerprint density at radius 1 is 0.310 bits per heavy atom. The predicted octanol–water partition coefficient (Wildman–Crippen LogP) is 34.6. The maximum atomic E-state index is 14.1. The number of hydrogen-bond donors (Lipinski definition) is 0. The van der Waals surface area contributed by atoms with E-state index in [0.29, 0.717) is 56.8 Å². The van der Waals surface area contributed by atoms with Gasteiger partial charge in [-0.15, -0.1) is 0 Å². The Bertz CT molecular complexity index is 9600. The van der Waals surface area contributed by atoms with Crippen molar-refractivity contribution in [3.63, 3.8) is 0 Å². The molecular formula is C128H86F6N10O. The highest BCUT2D eigenvalue weighted by Crippen LogP contribution is 2.65. The molecular weight excluding hydrogens is 1810 g/mol. The lowest BCUT2D eigenvalue weighted by atomic mass is 9.70. The van der Waals surface area contributed by atoms with Gasteiger partial charge in [-0.1, -0.05) is 283 Å². The van der Waals surface area contributed by atoms with Crippen molar-refractivity contribution in [1.29, 1.82) is 10.5 Å². The minimum Gasteiger partial charge on any atom is -0.457 e. The topological polar surface area (TPSA) is 102 Å².